The van der Waals surface area contributed by atoms with Gasteiger partial charge in [-0.15, -0.1) is 0 Å². The molecule has 1 aromatic carbocycles. The standard InChI is InChI=1S/C16H22N2O2S/c1-12-3-2-4-13(11-12)5-8-18-15(19)16(14(17)21)6-9-20-10-7-16/h2-4,11H,5-10H2,1H3,(H2,17,21)(H,18,19). The van der Waals surface area contributed by atoms with Crippen molar-refractivity contribution < 1.29 is 9.53 Å². The van der Waals surface area contributed by atoms with E-state index in [4.69, 9.17) is 22.7 Å². The Kier molecular flexibility index (Phi) is 5.31. The number of aryl methyl sites for hydroxylation is 1. The van der Waals surface area contributed by atoms with E-state index < -0.39 is 5.41 Å². The number of nitrogens with one attached hydrogen (secondary N) is 1. The van der Waals surface area contributed by atoms with Crippen molar-refractivity contribution in [2.24, 2.45) is 11.1 Å². The first-order chi connectivity index (χ1) is 10.0. The van der Waals surface area contributed by atoms with Gasteiger partial charge in [-0.05, 0) is 31.7 Å². The second kappa shape index (κ2) is 7.00. The maximum absolute atomic E-state index is 12.5. The number of hydrogen-bond donors (Lipinski definition) is 2. The Balaban J connectivity index is 1.92. The molecular weight excluding hydrogens is 284 g/mol. The van der Waals surface area contributed by atoms with Crippen molar-refractivity contribution in [2.45, 2.75) is 26.2 Å². The molecule has 1 aliphatic heterocycles. The predicted octanol–water partition coefficient (Wildman–Crippen LogP) is 1.74. The molecule has 1 heterocycles. The number of hydrogen-bond acceptors (Lipinski definition) is 3. The van der Waals surface area contributed by atoms with Gasteiger partial charge in [-0.3, -0.25) is 4.79 Å². The molecule has 0 unspecified atom stereocenters. The Hall–Kier alpha value is -1.46. The van der Waals surface area contributed by atoms with Gasteiger partial charge < -0.3 is 15.8 Å². The quantitative estimate of drug-likeness (QED) is 0.813. The fraction of sp³-hybridized carbons (Fsp3) is 0.500. The molecule has 21 heavy (non-hydrogen) atoms. The van der Waals surface area contributed by atoms with Crippen LogP contribution in [0.25, 0.3) is 0 Å². The molecule has 4 nitrogen and oxygen atoms in total. The van der Waals surface area contributed by atoms with Crippen molar-refractivity contribution in [3.63, 3.8) is 0 Å². The van der Waals surface area contributed by atoms with Gasteiger partial charge in [0.15, 0.2) is 0 Å². The average Bonchev–Trinajstić information content (AvgIpc) is 2.47. The normalized spacial score (nSPS) is 17.2. The number of carbonyl (C=O) groups excluding carboxylic acids is 1. The van der Waals surface area contributed by atoms with E-state index in [0.717, 1.165) is 6.42 Å². The Morgan fingerprint density at radius 1 is 1.43 bits per heavy atom. The highest BCUT2D eigenvalue weighted by Gasteiger charge is 2.42. The van der Waals surface area contributed by atoms with Gasteiger partial charge in [-0.2, -0.15) is 0 Å². The minimum atomic E-state index is -0.736. The molecule has 0 aromatic heterocycles. The summed E-state index contributed by atoms with van der Waals surface area (Å²) in [4.78, 5) is 12.8. The lowest BCUT2D eigenvalue weighted by Crippen LogP contribution is -2.52. The van der Waals surface area contributed by atoms with Gasteiger partial charge in [0.05, 0.1) is 4.99 Å². The third-order valence-electron chi connectivity index (χ3n) is 4.03. The maximum atomic E-state index is 12.5. The molecule has 1 fully saturated rings. The molecule has 114 valence electrons. The van der Waals surface area contributed by atoms with Crippen LogP contribution in [0.4, 0.5) is 0 Å². The first kappa shape index (κ1) is 15.9. The number of carbonyl (C=O) groups is 1. The summed E-state index contributed by atoms with van der Waals surface area (Å²) in [6, 6.07) is 8.29. The third-order valence-corrected chi connectivity index (χ3v) is 4.43. The van der Waals surface area contributed by atoms with Gasteiger partial charge in [0.1, 0.15) is 5.41 Å². The lowest BCUT2D eigenvalue weighted by Gasteiger charge is -2.34. The molecule has 2 rings (SSSR count). The molecule has 0 radical (unpaired) electrons. The highest BCUT2D eigenvalue weighted by Crippen LogP contribution is 2.31. The fourth-order valence-electron chi connectivity index (χ4n) is 2.66. The van der Waals surface area contributed by atoms with E-state index in [1.165, 1.54) is 11.1 Å². The monoisotopic (exact) mass is 306 g/mol. The minimum absolute atomic E-state index is 0.0639. The summed E-state index contributed by atoms with van der Waals surface area (Å²) in [6.45, 7) is 3.71. The molecule has 5 heteroatoms. The molecule has 0 bridgehead atoms. The molecule has 0 saturated carbocycles. The second-order valence-electron chi connectivity index (χ2n) is 5.55. The van der Waals surface area contributed by atoms with Crippen LogP contribution in [0.2, 0.25) is 0 Å². The number of thiocarbonyl (C=S) groups is 1. The van der Waals surface area contributed by atoms with E-state index >= 15 is 0 Å². The average molecular weight is 306 g/mol. The van der Waals surface area contributed by atoms with Crippen molar-refractivity contribution in [3.05, 3.63) is 35.4 Å². The van der Waals surface area contributed by atoms with Crippen molar-refractivity contribution in [1.29, 1.82) is 0 Å². The summed E-state index contributed by atoms with van der Waals surface area (Å²) in [5.74, 6) is -0.0639. The molecule has 1 saturated heterocycles. The van der Waals surface area contributed by atoms with Gasteiger partial charge in [0.2, 0.25) is 5.91 Å². The number of amides is 1. The summed E-state index contributed by atoms with van der Waals surface area (Å²) < 4.78 is 5.32. The maximum Gasteiger partial charge on any atom is 0.233 e. The van der Waals surface area contributed by atoms with Crippen LogP contribution < -0.4 is 11.1 Å². The second-order valence-corrected chi connectivity index (χ2v) is 5.99. The zero-order valence-electron chi connectivity index (χ0n) is 12.4. The van der Waals surface area contributed by atoms with E-state index in [2.05, 4.69) is 30.4 Å². The van der Waals surface area contributed by atoms with Crippen LogP contribution in [0.5, 0.6) is 0 Å². The summed E-state index contributed by atoms with van der Waals surface area (Å²) in [7, 11) is 0. The van der Waals surface area contributed by atoms with Crippen molar-refractivity contribution in [3.8, 4) is 0 Å². The van der Waals surface area contributed by atoms with Gasteiger partial charge in [-0.25, -0.2) is 0 Å². The first-order valence-electron chi connectivity index (χ1n) is 7.26. The summed E-state index contributed by atoms with van der Waals surface area (Å²) in [5, 5.41) is 2.98. The topological polar surface area (TPSA) is 64.4 Å². The zero-order valence-corrected chi connectivity index (χ0v) is 13.2. The Morgan fingerprint density at radius 3 is 2.76 bits per heavy atom. The molecule has 1 amide bonds. The number of nitrogens with two attached hydrogens (primary N) is 1. The molecular formula is C16H22N2O2S. The molecule has 1 aliphatic rings. The SMILES string of the molecule is Cc1cccc(CCNC(=O)C2(C(N)=S)CCOCC2)c1. The van der Waals surface area contributed by atoms with Crippen LogP contribution in [0.15, 0.2) is 24.3 Å². The van der Waals surface area contributed by atoms with Crippen molar-refractivity contribution in [1.82, 2.24) is 5.32 Å². The van der Waals surface area contributed by atoms with Crippen molar-refractivity contribution >= 4 is 23.1 Å². The van der Waals surface area contributed by atoms with E-state index in [-0.39, 0.29) is 10.9 Å². The Morgan fingerprint density at radius 2 is 2.14 bits per heavy atom. The Labute approximate surface area is 131 Å². The molecule has 0 spiro atoms. The minimum Gasteiger partial charge on any atom is -0.392 e. The molecule has 3 N–H and O–H groups in total. The van der Waals surface area contributed by atoms with Crippen LogP contribution in [-0.4, -0.2) is 30.7 Å². The van der Waals surface area contributed by atoms with Crippen LogP contribution >= 0.6 is 12.2 Å². The molecule has 0 aliphatic carbocycles. The lowest BCUT2D eigenvalue weighted by atomic mass is 9.79. The summed E-state index contributed by atoms with van der Waals surface area (Å²) in [6.07, 6.45) is 1.94. The van der Waals surface area contributed by atoms with Crippen LogP contribution in [0, 0.1) is 12.3 Å². The van der Waals surface area contributed by atoms with Gasteiger partial charge in [0.25, 0.3) is 0 Å². The smallest absolute Gasteiger partial charge is 0.233 e. The molecule has 0 atom stereocenters. The fourth-order valence-corrected chi connectivity index (χ4v) is 2.96. The van der Waals surface area contributed by atoms with Gasteiger partial charge in [-0.1, -0.05) is 42.0 Å². The van der Waals surface area contributed by atoms with Gasteiger partial charge >= 0.3 is 0 Å². The number of rotatable bonds is 5. The van der Waals surface area contributed by atoms with Crippen LogP contribution in [0.1, 0.15) is 24.0 Å². The summed E-state index contributed by atoms with van der Waals surface area (Å²) >= 11 is 5.13. The van der Waals surface area contributed by atoms with Crippen LogP contribution in [0.3, 0.4) is 0 Å². The summed E-state index contributed by atoms with van der Waals surface area (Å²) in [5.41, 5.74) is 7.52. The van der Waals surface area contributed by atoms with Gasteiger partial charge in [0, 0.05) is 19.8 Å². The lowest BCUT2D eigenvalue weighted by molar-refractivity contribution is -0.131. The number of benzene rings is 1. The van der Waals surface area contributed by atoms with E-state index in [1.807, 2.05) is 6.07 Å². The first-order valence-corrected chi connectivity index (χ1v) is 7.67. The zero-order chi connectivity index (χ0) is 15.3. The highest BCUT2D eigenvalue weighted by atomic mass is 32.1. The van der Waals surface area contributed by atoms with Crippen LogP contribution in [-0.2, 0) is 16.0 Å². The third kappa shape index (κ3) is 3.80. The van der Waals surface area contributed by atoms with E-state index in [1.54, 1.807) is 0 Å². The highest BCUT2D eigenvalue weighted by molar-refractivity contribution is 7.80. The molecule has 1 aromatic rings. The predicted molar refractivity (Wildman–Crippen MR) is 87.2 cm³/mol. The Bertz CT molecular complexity index is 525. The van der Waals surface area contributed by atoms with E-state index in [0.29, 0.717) is 32.6 Å². The van der Waals surface area contributed by atoms with E-state index in [9.17, 15) is 4.79 Å². The van der Waals surface area contributed by atoms with Crippen molar-refractivity contribution in [2.75, 3.05) is 19.8 Å². The largest absolute Gasteiger partial charge is 0.392 e. The number of ether oxygens (including phenoxy) is 1.